The van der Waals surface area contributed by atoms with E-state index < -0.39 is 0 Å². The van der Waals surface area contributed by atoms with E-state index in [2.05, 4.69) is 25.6 Å². The molecule has 31 heavy (non-hydrogen) atoms. The number of halogens is 1. The molecule has 158 valence electrons. The first kappa shape index (κ1) is 20.9. The standard InChI is InChI=1S/C20H17ClN6O3S/c1-29-14-6-7-15(16(9-14)30-2)24-17(28)10-31-20-18-19(22-11-23-20)27(26-25-18)13-5-3-4-12(21)8-13/h3-9,11H,10H2,1-2H3,(H,24,28). The number of hydrogen-bond donors (Lipinski definition) is 1. The summed E-state index contributed by atoms with van der Waals surface area (Å²) >= 11 is 7.31. The molecule has 11 heteroatoms. The van der Waals surface area contributed by atoms with E-state index in [0.717, 1.165) is 5.69 Å². The van der Waals surface area contributed by atoms with Gasteiger partial charge in [0.05, 0.1) is 31.3 Å². The number of anilines is 1. The van der Waals surface area contributed by atoms with Gasteiger partial charge in [-0.3, -0.25) is 4.79 Å². The van der Waals surface area contributed by atoms with Crippen molar-refractivity contribution in [2.24, 2.45) is 0 Å². The number of nitrogens with one attached hydrogen (secondary N) is 1. The Bertz CT molecular complexity index is 1250. The number of hydrogen-bond acceptors (Lipinski definition) is 8. The molecule has 0 unspecified atom stereocenters. The summed E-state index contributed by atoms with van der Waals surface area (Å²) < 4.78 is 12.1. The summed E-state index contributed by atoms with van der Waals surface area (Å²) in [5, 5.41) is 12.3. The fraction of sp³-hybridized carbons (Fsp3) is 0.150. The number of amides is 1. The Morgan fingerprint density at radius 2 is 2.03 bits per heavy atom. The van der Waals surface area contributed by atoms with Crippen molar-refractivity contribution in [1.82, 2.24) is 25.0 Å². The van der Waals surface area contributed by atoms with Crippen molar-refractivity contribution >= 4 is 46.1 Å². The molecule has 0 atom stereocenters. The molecular weight excluding hydrogens is 440 g/mol. The Labute approximate surface area is 186 Å². The third-order valence-electron chi connectivity index (χ3n) is 4.28. The summed E-state index contributed by atoms with van der Waals surface area (Å²) in [6.07, 6.45) is 1.42. The van der Waals surface area contributed by atoms with Crippen LogP contribution in [0, 0.1) is 0 Å². The fourth-order valence-corrected chi connectivity index (χ4v) is 3.75. The highest BCUT2D eigenvalue weighted by molar-refractivity contribution is 8.00. The Morgan fingerprint density at radius 3 is 2.81 bits per heavy atom. The van der Waals surface area contributed by atoms with Crippen molar-refractivity contribution < 1.29 is 14.3 Å². The summed E-state index contributed by atoms with van der Waals surface area (Å²) in [7, 11) is 3.09. The minimum atomic E-state index is -0.220. The van der Waals surface area contributed by atoms with Crippen molar-refractivity contribution in [1.29, 1.82) is 0 Å². The lowest BCUT2D eigenvalue weighted by Crippen LogP contribution is -2.15. The first-order chi connectivity index (χ1) is 15.1. The van der Waals surface area contributed by atoms with Crippen LogP contribution in [0.3, 0.4) is 0 Å². The normalized spacial score (nSPS) is 10.8. The first-order valence-corrected chi connectivity index (χ1v) is 10.4. The molecule has 0 bridgehead atoms. The van der Waals surface area contributed by atoms with Crippen LogP contribution in [0.25, 0.3) is 16.9 Å². The number of rotatable bonds is 7. The molecule has 0 aliphatic rings. The maximum atomic E-state index is 12.5. The minimum Gasteiger partial charge on any atom is -0.497 e. The van der Waals surface area contributed by atoms with E-state index in [0.29, 0.717) is 38.4 Å². The van der Waals surface area contributed by atoms with Gasteiger partial charge in [0.25, 0.3) is 0 Å². The minimum absolute atomic E-state index is 0.116. The van der Waals surface area contributed by atoms with Crippen LogP contribution in [0.2, 0.25) is 5.02 Å². The lowest BCUT2D eigenvalue weighted by atomic mass is 10.2. The number of carbonyl (C=O) groups is 1. The lowest BCUT2D eigenvalue weighted by molar-refractivity contribution is -0.113. The monoisotopic (exact) mass is 456 g/mol. The topological polar surface area (TPSA) is 104 Å². The maximum Gasteiger partial charge on any atom is 0.234 e. The summed E-state index contributed by atoms with van der Waals surface area (Å²) in [6.45, 7) is 0. The number of aromatic nitrogens is 5. The second kappa shape index (κ2) is 9.19. The molecule has 1 N–H and O–H groups in total. The van der Waals surface area contributed by atoms with Gasteiger partial charge in [0, 0.05) is 11.1 Å². The van der Waals surface area contributed by atoms with E-state index in [-0.39, 0.29) is 11.7 Å². The number of nitrogens with zero attached hydrogens (tertiary/aromatic N) is 5. The molecule has 4 rings (SSSR count). The largest absolute Gasteiger partial charge is 0.497 e. The van der Waals surface area contributed by atoms with E-state index in [1.165, 1.54) is 25.2 Å². The number of benzene rings is 2. The van der Waals surface area contributed by atoms with Crippen LogP contribution in [-0.2, 0) is 4.79 Å². The van der Waals surface area contributed by atoms with Crippen LogP contribution in [0.1, 0.15) is 0 Å². The zero-order valence-electron chi connectivity index (χ0n) is 16.6. The van der Waals surface area contributed by atoms with Crippen molar-refractivity contribution in [3.05, 3.63) is 53.8 Å². The third-order valence-corrected chi connectivity index (χ3v) is 5.49. The van der Waals surface area contributed by atoms with E-state index in [4.69, 9.17) is 21.1 Å². The molecule has 0 saturated carbocycles. The van der Waals surface area contributed by atoms with E-state index in [1.807, 2.05) is 12.1 Å². The second-order valence-corrected chi connectivity index (χ2v) is 7.64. The Hall–Kier alpha value is -3.37. The summed E-state index contributed by atoms with van der Waals surface area (Å²) in [5.74, 6) is 1.04. The molecule has 4 aromatic rings. The molecule has 0 aliphatic carbocycles. The highest BCUT2D eigenvalue weighted by atomic mass is 35.5. The number of methoxy groups -OCH3 is 2. The van der Waals surface area contributed by atoms with E-state index >= 15 is 0 Å². The molecule has 2 aromatic heterocycles. The number of fused-ring (bicyclic) bond motifs is 1. The summed E-state index contributed by atoms with van der Waals surface area (Å²) in [6, 6.07) is 12.4. The van der Waals surface area contributed by atoms with Crippen LogP contribution in [0.5, 0.6) is 11.5 Å². The van der Waals surface area contributed by atoms with Gasteiger partial charge in [0.1, 0.15) is 22.9 Å². The van der Waals surface area contributed by atoms with Crippen LogP contribution in [0.4, 0.5) is 5.69 Å². The molecule has 2 aromatic carbocycles. The smallest absolute Gasteiger partial charge is 0.234 e. The van der Waals surface area contributed by atoms with Gasteiger partial charge in [-0.05, 0) is 30.3 Å². The molecular formula is C20H17ClN6O3S. The van der Waals surface area contributed by atoms with Crippen molar-refractivity contribution in [3.63, 3.8) is 0 Å². The zero-order chi connectivity index (χ0) is 21.8. The molecule has 0 spiro atoms. The van der Waals surface area contributed by atoms with Crippen LogP contribution < -0.4 is 14.8 Å². The fourth-order valence-electron chi connectivity index (χ4n) is 2.84. The van der Waals surface area contributed by atoms with Gasteiger partial charge in [-0.25, -0.2) is 9.97 Å². The van der Waals surface area contributed by atoms with E-state index in [1.54, 1.807) is 42.1 Å². The highest BCUT2D eigenvalue weighted by Gasteiger charge is 2.16. The molecule has 9 nitrogen and oxygen atoms in total. The molecule has 0 aliphatic heterocycles. The number of carbonyl (C=O) groups excluding carboxylic acids is 1. The van der Waals surface area contributed by atoms with Crippen molar-refractivity contribution in [2.45, 2.75) is 5.03 Å². The Balaban J connectivity index is 1.50. The average molecular weight is 457 g/mol. The van der Waals surface area contributed by atoms with Gasteiger partial charge in [-0.2, -0.15) is 4.68 Å². The van der Waals surface area contributed by atoms with Crippen LogP contribution in [0.15, 0.2) is 53.8 Å². The third kappa shape index (κ3) is 4.54. The maximum absolute atomic E-state index is 12.5. The van der Waals surface area contributed by atoms with Gasteiger partial charge in [0.2, 0.25) is 5.91 Å². The first-order valence-electron chi connectivity index (χ1n) is 9.06. The number of ether oxygens (including phenoxy) is 2. The quantitative estimate of drug-likeness (QED) is 0.332. The predicted octanol–water partition coefficient (Wildman–Crippen LogP) is 3.61. The molecule has 2 heterocycles. The summed E-state index contributed by atoms with van der Waals surface area (Å²) in [4.78, 5) is 21.0. The van der Waals surface area contributed by atoms with Crippen LogP contribution >= 0.6 is 23.4 Å². The van der Waals surface area contributed by atoms with Crippen molar-refractivity contribution in [2.75, 3.05) is 25.3 Å². The van der Waals surface area contributed by atoms with Crippen molar-refractivity contribution in [3.8, 4) is 17.2 Å². The van der Waals surface area contributed by atoms with Gasteiger partial charge in [-0.1, -0.05) is 34.6 Å². The van der Waals surface area contributed by atoms with Gasteiger partial charge >= 0.3 is 0 Å². The zero-order valence-corrected chi connectivity index (χ0v) is 18.1. The van der Waals surface area contributed by atoms with Gasteiger partial charge in [0.15, 0.2) is 11.2 Å². The second-order valence-electron chi connectivity index (χ2n) is 6.24. The van der Waals surface area contributed by atoms with Crippen LogP contribution in [-0.4, -0.2) is 50.8 Å². The SMILES string of the molecule is COc1ccc(NC(=O)CSc2ncnc3c2nnn3-c2cccc(Cl)c2)c(OC)c1. The average Bonchev–Trinajstić information content (AvgIpc) is 3.23. The Kier molecular flexibility index (Phi) is 6.19. The van der Waals surface area contributed by atoms with E-state index in [9.17, 15) is 4.79 Å². The molecule has 0 radical (unpaired) electrons. The highest BCUT2D eigenvalue weighted by Crippen LogP contribution is 2.30. The predicted molar refractivity (Wildman–Crippen MR) is 118 cm³/mol. The Morgan fingerprint density at radius 1 is 1.16 bits per heavy atom. The molecule has 0 saturated heterocycles. The molecule has 0 fully saturated rings. The van der Waals surface area contributed by atoms with Gasteiger partial charge in [-0.15, -0.1) is 5.10 Å². The molecule has 1 amide bonds. The summed E-state index contributed by atoms with van der Waals surface area (Å²) in [5.41, 5.74) is 2.31. The lowest BCUT2D eigenvalue weighted by Gasteiger charge is -2.11. The number of thioether (sulfide) groups is 1. The van der Waals surface area contributed by atoms with Gasteiger partial charge < -0.3 is 14.8 Å².